The Labute approximate surface area is 174 Å². The van der Waals surface area contributed by atoms with E-state index in [2.05, 4.69) is 20.5 Å². The Morgan fingerprint density at radius 1 is 1.29 bits per heavy atom. The van der Waals surface area contributed by atoms with Crippen LogP contribution < -0.4 is 5.32 Å². The highest BCUT2D eigenvalue weighted by molar-refractivity contribution is 6.07. The van der Waals surface area contributed by atoms with Gasteiger partial charge >= 0.3 is 0 Å². The lowest BCUT2D eigenvalue weighted by Gasteiger charge is -2.15. The number of aromatic amines is 1. The summed E-state index contributed by atoms with van der Waals surface area (Å²) in [6.45, 7) is 0.549. The number of fused-ring (bicyclic) bond motifs is 1. The maximum absolute atomic E-state index is 14.9. The summed E-state index contributed by atoms with van der Waals surface area (Å²) >= 11 is 0. The van der Waals surface area contributed by atoms with E-state index in [4.69, 9.17) is 4.42 Å². The van der Waals surface area contributed by atoms with Crippen LogP contribution in [0.2, 0.25) is 0 Å². The van der Waals surface area contributed by atoms with Crippen molar-refractivity contribution in [2.24, 2.45) is 0 Å². The van der Waals surface area contributed by atoms with Crippen molar-refractivity contribution in [3.8, 4) is 11.1 Å². The monoisotopic (exact) mass is 425 g/mol. The van der Waals surface area contributed by atoms with Crippen LogP contribution in [0.4, 0.5) is 20.2 Å². The molecule has 31 heavy (non-hydrogen) atoms. The molecule has 0 aliphatic carbocycles. The van der Waals surface area contributed by atoms with Crippen molar-refractivity contribution in [1.82, 2.24) is 20.1 Å². The number of H-pyrrole nitrogens is 1. The molecule has 4 heterocycles. The van der Waals surface area contributed by atoms with Gasteiger partial charge in [-0.2, -0.15) is 5.10 Å². The minimum absolute atomic E-state index is 0.0536. The van der Waals surface area contributed by atoms with Crippen LogP contribution in [0, 0.1) is 11.6 Å². The van der Waals surface area contributed by atoms with Crippen molar-refractivity contribution in [3.63, 3.8) is 0 Å². The molecule has 0 saturated carbocycles. The van der Waals surface area contributed by atoms with Gasteiger partial charge in [-0.25, -0.2) is 8.78 Å². The number of nitrogens with zero attached hydrogens (tertiary/aromatic N) is 3. The number of hydrogen-bond donors (Lipinski definition) is 3. The molecule has 1 aromatic carbocycles. The summed E-state index contributed by atoms with van der Waals surface area (Å²) < 4.78 is 35.3. The number of hydrogen-bond acceptors (Lipinski definition) is 6. The fourth-order valence-electron chi connectivity index (χ4n) is 3.68. The predicted octanol–water partition coefficient (Wildman–Crippen LogP) is 3.45. The molecule has 3 N–H and O–H groups in total. The van der Waals surface area contributed by atoms with Crippen LogP contribution >= 0.6 is 0 Å². The molecule has 1 amide bonds. The van der Waals surface area contributed by atoms with Crippen LogP contribution in [-0.2, 0) is 0 Å². The highest BCUT2D eigenvalue weighted by atomic mass is 19.1. The smallest absolute Gasteiger partial charge is 0.291 e. The molecule has 1 unspecified atom stereocenters. The lowest BCUT2D eigenvalue weighted by atomic mass is 10.1. The van der Waals surface area contributed by atoms with Gasteiger partial charge < -0.3 is 19.7 Å². The van der Waals surface area contributed by atoms with Gasteiger partial charge in [-0.1, -0.05) is 0 Å². The Morgan fingerprint density at radius 3 is 2.90 bits per heavy atom. The first-order valence-corrected chi connectivity index (χ1v) is 9.60. The third kappa shape index (κ3) is 3.40. The van der Waals surface area contributed by atoms with Crippen LogP contribution in [-0.4, -0.2) is 50.3 Å². The average molecular weight is 425 g/mol. The second kappa shape index (κ2) is 7.47. The number of β-amino-alcohol motifs (C(OH)–C–C–N with tert-alkyl or cyclic N) is 1. The minimum Gasteiger partial charge on any atom is -0.448 e. The van der Waals surface area contributed by atoms with Gasteiger partial charge in [-0.3, -0.25) is 14.9 Å². The summed E-state index contributed by atoms with van der Waals surface area (Å²) in [7, 11) is 0. The molecular formula is C21H17F2N5O3. The number of aromatic nitrogens is 3. The van der Waals surface area contributed by atoms with Gasteiger partial charge in [0.2, 0.25) is 5.76 Å². The number of aliphatic hydroxyl groups excluding tert-OH is 1. The molecule has 3 aromatic heterocycles. The summed E-state index contributed by atoms with van der Waals surface area (Å²) in [5.74, 6) is -1.89. The van der Waals surface area contributed by atoms with Crippen LogP contribution in [0.25, 0.3) is 22.1 Å². The highest BCUT2D eigenvalue weighted by Gasteiger charge is 2.31. The van der Waals surface area contributed by atoms with E-state index in [1.165, 1.54) is 29.7 Å². The molecule has 5 rings (SSSR count). The molecule has 8 nitrogen and oxygen atoms in total. The van der Waals surface area contributed by atoms with Crippen molar-refractivity contribution < 1.29 is 23.1 Å². The van der Waals surface area contributed by atoms with Gasteiger partial charge in [0.1, 0.15) is 22.9 Å². The molecule has 1 fully saturated rings. The fourth-order valence-corrected chi connectivity index (χ4v) is 3.68. The number of nitrogens with one attached hydrogen (secondary N) is 2. The Bertz CT molecular complexity index is 1270. The summed E-state index contributed by atoms with van der Waals surface area (Å²) in [5.41, 5.74) is 0.856. The van der Waals surface area contributed by atoms with E-state index < -0.39 is 23.6 Å². The number of benzene rings is 1. The molecular weight excluding hydrogens is 408 g/mol. The summed E-state index contributed by atoms with van der Waals surface area (Å²) in [6, 6.07) is 3.65. The van der Waals surface area contributed by atoms with E-state index in [1.54, 1.807) is 6.07 Å². The maximum atomic E-state index is 14.9. The molecule has 1 saturated heterocycles. The van der Waals surface area contributed by atoms with Crippen molar-refractivity contribution in [2.75, 3.05) is 18.4 Å². The standard InChI is InChI=1S/C21H17F2N5O3/c22-15-6-17(16(23)5-13(15)11-7-25-26-8-11)27-19-14-9-24-3-1-18(14)31-20(19)21(30)28-4-2-12(29)10-28/h1,3,5-9,12,27,29H,2,4,10H2,(H,25,26). The van der Waals surface area contributed by atoms with Crippen molar-refractivity contribution in [3.05, 3.63) is 60.4 Å². The topological polar surface area (TPSA) is 107 Å². The minimum atomic E-state index is -0.717. The fraction of sp³-hybridized carbons (Fsp3) is 0.190. The van der Waals surface area contributed by atoms with Crippen molar-refractivity contribution in [2.45, 2.75) is 12.5 Å². The molecule has 0 radical (unpaired) electrons. The van der Waals surface area contributed by atoms with Crippen LogP contribution in [0.5, 0.6) is 0 Å². The van der Waals surface area contributed by atoms with E-state index in [1.807, 2.05) is 0 Å². The SMILES string of the molecule is O=C(c1oc2ccncc2c1Nc1cc(F)c(-c2cn[nH]c2)cc1F)N1CCC(O)C1. The first-order valence-electron chi connectivity index (χ1n) is 9.60. The summed E-state index contributed by atoms with van der Waals surface area (Å²) in [5, 5.41) is 19.3. The third-order valence-electron chi connectivity index (χ3n) is 5.26. The lowest BCUT2D eigenvalue weighted by molar-refractivity contribution is 0.0737. The zero-order chi connectivity index (χ0) is 21.5. The normalized spacial score (nSPS) is 16.2. The van der Waals surface area contributed by atoms with Gasteiger partial charge in [-0.15, -0.1) is 0 Å². The molecule has 10 heteroatoms. The second-order valence-corrected chi connectivity index (χ2v) is 7.30. The molecule has 1 atom stereocenters. The van der Waals surface area contributed by atoms with Gasteiger partial charge in [0.05, 0.1) is 23.4 Å². The number of pyridine rings is 1. The Kier molecular flexibility index (Phi) is 4.63. The van der Waals surface area contributed by atoms with Gasteiger partial charge in [0.15, 0.2) is 0 Å². The van der Waals surface area contributed by atoms with E-state index in [9.17, 15) is 18.7 Å². The first kappa shape index (κ1) is 19.2. The van der Waals surface area contributed by atoms with Crippen LogP contribution in [0.3, 0.4) is 0 Å². The zero-order valence-electron chi connectivity index (χ0n) is 16.1. The van der Waals surface area contributed by atoms with E-state index in [0.717, 1.165) is 12.1 Å². The molecule has 158 valence electrons. The lowest BCUT2D eigenvalue weighted by Crippen LogP contribution is -2.29. The number of halogens is 2. The van der Waals surface area contributed by atoms with E-state index in [-0.39, 0.29) is 29.2 Å². The van der Waals surface area contributed by atoms with E-state index in [0.29, 0.717) is 29.5 Å². The van der Waals surface area contributed by atoms with Gasteiger partial charge in [-0.05, 0) is 18.6 Å². The van der Waals surface area contributed by atoms with Crippen molar-refractivity contribution in [1.29, 1.82) is 0 Å². The predicted molar refractivity (Wildman–Crippen MR) is 108 cm³/mol. The number of furan rings is 1. The van der Waals surface area contributed by atoms with E-state index >= 15 is 0 Å². The number of rotatable bonds is 4. The maximum Gasteiger partial charge on any atom is 0.291 e. The van der Waals surface area contributed by atoms with Gasteiger partial charge in [0.25, 0.3) is 5.91 Å². The van der Waals surface area contributed by atoms with Crippen LogP contribution in [0.15, 0.2) is 47.4 Å². The highest BCUT2D eigenvalue weighted by Crippen LogP contribution is 2.36. The van der Waals surface area contributed by atoms with Gasteiger partial charge in [0, 0.05) is 48.9 Å². The molecule has 1 aliphatic heterocycles. The molecule has 1 aliphatic rings. The molecule has 0 spiro atoms. The number of amides is 1. The first-order chi connectivity index (χ1) is 15.0. The Hall–Kier alpha value is -3.79. The number of carbonyl (C=O) groups excluding carboxylic acids is 1. The largest absolute Gasteiger partial charge is 0.448 e. The third-order valence-corrected chi connectivity index (χ3v) is 5.26. The molecule has 0 bridgehead atoms. The Balaban J connectivity index is 1.56. The number of carbonyl (C=O) groups is 1. The number of anilines is 2. The number of aliphatic hydroxyl groups is 1. The van der Waals surface area contributed by atoms with Crippen LogP contribution in [0.1, 0.15) is 17.0 Å². The number of likely N-dealkylation sites (tertiary alicyclic amines) is 1. The van der Waals surface area contributed by atoms with Crippen molar-refractivity contribution >= 4 is 28.3 Å². The second-order valence-electron chi connectivity index (χ2n) is 7.30. The zero-order valence-corrected chi connectivity index (χ0v) is 16.1. The Morgan fingerprint density at radius 2 is 2.16 bits per heavy atom. The summed E-state index contributed by atoms with van der Waals surface area (Å²) in [4.78, 5) is 18.5. The quantitative estimate of drug-likeness (QED) is 0.462. The average Bonchev–Trinajstić information content (AvgIpc) is 3.50. The molecule has 4 aromatic rings. The summed E-state index contributed by atoms with van der Waals surface area (Å²) in [6.07, 6.45) is 5.69.